The van der Waals surface area contributed by atoms with E-state index in [1.807, 2.05) is 18.2 Å². The minimum absolute atomic E-state index is 0.0963. The number of halogens is 1. The fraction of sp³-hybridized carbons (Fsp3) is 0.417. The van der Waals surface area contributed by atoms with Crippen LogP contribution in [-0.2, 0) is 16.0 Å². The van der Waals surface area contributed by atoms with Crippen molar-refractivity contribution in [1.82, 2.24) is 0 Å². The fourth-order valence-corrected chi connectivity index (χ4v) is 2.11. The Labute approximate surface area is 99.0 Å². The van der Waals surface area contributed by atoms with E-state index in [1.165, 1.54) is 0 Å². The summed E-state index contributed by atoms with van der Waals surface area (Å²) in [4.78, 5) is 11.1. The summed E-state index contributed by atoms with van der Waals surface area (Å²) in [6.07, 6.45) is 0.281. The van der Waals surface area contributed by atoms with Crippen molar-refractivity contribution in [1.29, 1.82) is 0 Å². The number of aliphatic hydroxyl groups is 1. The van der Waals surface area contributed by atoms with E-state index in [0.29, 0.717) is 17.9 Å². The molecule has 1 N–H and O–H groups in total. The molecule has 1 aromatic rings. The van der Waals surface area contributed by atoms with Gasteiger partial charge in [0.25, 0.3) is 0 Å². The molecule has 1 aromatic carbocycles. The highest BCUT2D eigenvalue weighted by Gasteiger charge is 2.27. The van der Waals surface area contributed by atoms with Gasteiger partial charge in [-0.3, -0.25) is 4.79 Å². The quantitative estimate of drug-likeness (QED) is 0.804. The first-order valence-electron chi connectivity index (χ1n) is 5.26. The lowest BCUT2D eigenvalue weighted by molar-refractivity contribution is -0.159. The Balaban J connectivity index is 2.04. The summed E-state index contributed by atoms with van der Waals surface area (Å²) in [5, 5.41) is 10.1. The third kappa shape index (κ3) is 2.74. The van der Waals surface area contributed by atoms with E-state index in [0.717, 1.165) is 5.56 Å². The molecular formula is C12H13ClO3. The minimum atomic E-state index is -0.589. The monoisotopic (exact) mass is 240 g/mol. The van der Waals surface area contributed by atoms with Gasteiger partial charge in [-0.25, -0.2) is 0 Å². The Bertz CT molecular complexity index is 392. The molecule has 3 nitrogen and oxygen atoms in total. The highest BCUT2D eigenvalue weighted by atomic mass is 35.5. The van der Waals surface area contributed by atoms with Crippen LogP contribution in [-0.4, -0.2) is 23.3 Å². The second-order valence-electron chi connectivity index (χ2n) is 4.00. The molecule has 0 radical (unpaired) electrons. The van der Waals surface area contributed by atoms with E-state index in [4.69, 9.17) is 16.3 Å². The predicted molar refractivity (Wildman–Crippen MR) is 60.3 cm³/mol. The van der Waals surface area contributed by atoms with Crippen molar-refractivity contribution >= 4 is 17.6 Å². The van der Waals surface area contributed by atoms with Crippen molar-refractivity contribution in [3.63, 3.8) is 0 Å². The van der Waals surface area contributed by atoms with E-state index in [9.17, 15) is 9.90 Å². The van der Waals surface area contributed by atoms with Gasteiger partial charge in [-0.1, -0.05) is 29.8 Å². The third-order valence-electron chi connectivity index (χ3n) is 2.64. The predicted octanol–water partition coefficient (Wildman–Crippen LogP) is 1.95. The number of hydrogen-bond acceptors (Lipinski definition) is 3. The summed E-state index contributed by atoms with van der Waals surface area (Å²) < 4.78 is 5.16. The van der Waals surface area contributed by atoms with Crippen molar-refractivity contribution in [2.24, 2.45) is 0 Å². The molecule has 0 saturated carbocycles. The Morgan fingerprint density at radius 3 is 2.88 bits per heavy atom. The molecule has 2 atom stereocenters. The van der Waals surface area contributed by atoms with E-state index >= 15 is 0 Å². The summed E-state index contributed by atoms with van der Waals surface area (Å²) in [6, 6.07) is 7.45. The van der Waals surface area contributed by atoms with Crippen molar-refractivity contribution in [3.8, 4) is 0 Å². The smallest absolute Gasteiger partial charge is 0.308 e. The van der Waals surface area contributed by atoms with Gasteiger partial charge in [-0.2, -0.15) is 0 Å². The van der Waals surface area contributed by atoms with Crippen LogP contribution < -0.4 is 0 Å². The van der Waals surface area contributed by atoms with Gasteiger partial charge >= 0.3 is 5.97 Å². The van der Waals surface area contributed by atoms with E-state index in [-0.39, 0.29) is 18.5 Å². The summed E-state index contributed by atoms with van der Waals surface area (Å²) in [6.45, 7) is 0. The molecule has 86 valence electrons. The molecule has 0 aliphatic carbocycles. The number of carbonyl (C=O) groups is 1. The van der Waals surface area contributed by atoms with Crippen molar-refractivity contribution < 1.29 is 14.6 Å². The molecule has 1 aliphatic rings. The number of hydrogen-bond donors (Lipinski definition) is 1. The van der Waals surface area contributed by atoms with Crippen LogP contribution in [0.15, 0.2) is 24.3 Å². The van der Waals surface area contributed by atoms with Gasteiger partial charge < -0.3 is 9.84 Å². The number of ether oxygens (including phenoxy) is 1. The Morgan fingerprint density at radius 2 is 2.19 bits per heavy atom. The van der Waals surface area contributed by atoms with E-state index in [2.05, 4.69) is 0 Å². The number of aliphatic hydroxyl groups excluding tert-OH is 1. The molecule has 1 heterocycles. The minimum Gasteiger partial charge on any atom is -0.462 e. The number of rotatable bonds is 2. The molecule has 1 fully saturated rings. The van der Waals surface area contributed by atoms with Gasteiger partial charge in [-0.15, -0.1) is 0 Å². The number of cyclic esters (lactones) is 1. The lowest BCUT2D eigenvalue weighted by atomic mass is 9.99. The molecule has 0 bridgehead atoms. The van der Waals surface area contributed by atoms with Crippen LogP contribution in [0, 0.1) is 0 Å². The molecule has 1 saturated heterocycles. The molecule has 0 aromatic heterocycles. The van der Waals surface area contributed by atoms with Gasteiger partial charge in [0.15, 0.2) is 0 Å². The van der Waals surface area contributed by atoms with Gasteiger partial charge in [0, 0.05) is 17.9 Å². The van der Waals surface area contributed by atoms with Gasteiger partial charge in [0.2, 0.25) is 0 Å². The normalized spacial score (nSPS) is 25.2. The molecule has 0 unspecified atom stereocenters. The highest BCUT2D eigenvalue weighted by molar-refractivity contribution is 6.31. The summed E-state index contributed by atoms with van der Waals surface area (Å²) in [5.74, 6) is -0.337. The Kier molecular flexibility index (Phi) is 3.46. The van der Waals surface area contributed by atoms with Crippen LogP contribution in [0.1, 0.15) is 18.4 Å². The zero-order chi connectivity index (χ0) is 11.5. The molecule has 4 heteroatoms. The van der Waals surface area contributed by atoms with E-state index in [1.54, 1.807) is 6.07 Å². The van der Waals surface area contributed by atoms with Gasteiger partial charge in [0.05, 0.1) is 12.5 Å². The van der Waals surface area contributed by atoms with Crippen molar-refractivity contribution in [2.45, 2.75) is 31.5 Å². The molecule has 16 heavy (non-hydrogen) atoms. The topological polar surface area (TPSA) is 46.5 Å². The maximum Gasteiger partial charge on any atom is 0.308 e. The van der Waals surface area contributed by atoms with Crippen molar-refractivity contribution in [2.75, 3.05) is 0 Å². The standard InChI is InChI=1S/C12H13ClO3/c13-11-4-2-1-3-8(11)5-10-6-9(14)7-12(15)16-10/h1-4,9-10,14H,5-7H2/t9-,10-/m1/s1. The number of esters is 1. The molecular weight excluding hydrogens is 228 g/mol. The lowest BCUT2D eigenvalue weighted by Gasteiger charge is -2.26. The Morgan fingerprint density at radius 1 is 1.44 bits per heavy atom. The Hall–Kier alpha value is -1.06. The zero-order valence-corrected chi connectivity index (χ0v) is 9.48. The van der Waals surface area contributed by atoms with Crippen LogP contribution in [0.5, 0.6) is 0 Å². The average Bonchev–Trinajstić information content (AvgIpc) is 2.20. The molecule has 0 spiro atoms. The highest BCUT2D eigenvalue weighted by Crippen LogP contribution is 2.22. The largest absolute Gasteiger partial charge is 0.462 e. The van der Waals surface area contributed by atoms with Crippen LogP contribution in [0.2, 0.25) is 5.02 Å². The first-order chi connectivity index (χ1) is 7.65. The second-order valence-corrected chi connectivity index (χ2v) is 4.41. The first kappa shape index (κ1) is 11.4. The number of carbonyl (C=O) groups excluding carboxylic acids is 1. The van der Waals surface area contributed by atoms with E-state index < -0.39 is 6.10 Å². The second kappa shape index (κ2) is 4.85. The summed E-state index contributed by atoms with van der Waals surface area (Å²) in [7, 11) is 0. The summed E-state index contributed by atoms with van der Waals surface area (Å²) >= 11 is 6.01. The van der Waals surface area contributed by atoms with Crippen LogP contribution in [0.25, 0.3) is 0 Å². The van der Waals surface area contributed by atoms with Crippen LogP contribution in [0.3, 0.4) is 0 Å². The maximum absolute atomic E-state index is 11.1. The molecule has 0 amide bonds. The summed E-state index contributed by atoms with van der Waals surface area (Å²) in [5.41, 5.74) is 0.941. The third-order valence-corrected chi connectivity index (χ3v) is 3.01. The van der Waals surface area contributed by atoms with Crippen LogP contribution in [0.4, 0.5) is 0 Å². The van der Waals surface area contributed by atoms with Gasteiger partial charge in [-0.05, 0) is 11.6 Å². The SMILES string of the molecule is O=C1C[C@H](O)C[C@@H](Cc2ccccc2Cl)O1. The zero-order valence-electron chi connectivity index (χ0n) is 8.73. The van der Waals surface area contributed by atoms with Crippen molar-refractivity contribution in [3.05, 3.63) is 34.9 Å². The number of benzene rings is 1. The molecule has 2 rings (SSSR count). The first-order valence-corrected chi connectivity index (χ1v) is 5.64. The fourth-order valence-electron chi connectivity index (χ4n) is 1.90. The van der Waals surface area contributed by atoms with Crippen LogP contribution >= 0.6 is 11.6 Å². The lowest BCUT2D eigenvalue weighted by Crippen LogP contribution is -2.33. The van der Waals surface area contributed by atoms with Gasteiger partial charge in [0.1, 0.15) is 6.10 Å². The average molecular weight is 241 g/mol. The maximum atomic E-state index is 11.1. The molecule has 1 aliphatic heterocycles.